The molecule has 1 heterocycles. The van der Waals surface area contributed by atoms with E-state index in [0.717, 1.165) is 18.7 Å². The number of amides is 1. The van der Waals surface area contributed by atoms with E-state index in [4.69, 9.17) is 0 Å². The van der Waals surface area contributed by atoms with Crippen LogP contribution in [0.15, 0.2) is 30.3 Å². The molecule has 1 aromatic rings. The molecule has 1 atom stereocenters. The number of carbonyl (C=O) groups is 1. The lowest BCUT2D eigenvalue weighted by molar-refractivity contribution is -0.127. The first-order valence-corrected chi connectivity index (χ1v) is 5.33. The standard InChI is InChI=1S/C12H16N2O/c1-9(10-5-3-2-4-6-10)14-12(15)11-7-13-8-11/h2-6,9,11,13H,7-8H2,1H3,(H,14,15). The Balaban J connectivity index is 1.91. The van der Waals surface area contributed by atoms with Gasteiger partial charge >= 0.3 is 0 Å². The van der Waals surface area contributed by atoms with Crippen LogP contribution in [0.2, 0.25) is 0 Å². The summed E-state index contributed by atoms with van der Waals surface area (Å²) < 4.78 is 0. The molecule has 3 heteroatoms. The molecule has 1 saturated heterocycles. The van der Waals surface area contributed by atoms with Crippen molar-refractivity contribution in [2.24, 2.45) is 5.92 Å². The molecule has 1 aliphatic heterocycles. The van der Waals surface area contributed by atoms with Crippen molar-refractivity contribution in [1.82, 2.24) is 10.6 Å². The van der Waals surface area contributed by atoms with Crippen LogP contribution < -0.4 is 10.6 Å². The molecule has 0 aromatic heterocycles. The fraction of sp³-hybridized carbons (Fsp3) is 0.417. The summed E-state index contributed by atoms with van der Waals surface area (Å²) in [4.78, 5) is 11.7. The summed E-state index contributed by atoms with van der Waals surface area (Å²) >= 11 is 0. The topological polar surface area (TPSA) is 41.1 Å². The SMILES string of the molecule is CC(NC(=O)C1CNC1)c1ccccc1. The molecule has 15 heavy (non-hydrogen) atoms. The van der Waals surface area contributed by atoms with Crippen molar-refractivity contribution in [3.05, 3.63) is 35.9 Å². The molecule has 80 valence electrons. The summed E-state index contributed by atoms with van der Waals surface area (Å²) in [6.07, 6.45) is 0. The maximum Gasteiger partial charge on any atom is 0.226 e. The van der Waals surface area contributed by atoms with Crippen LogP contribution in [0.4, 0.5) is 0 Å². The van der Waals surface area contributed by atoms with E-state index in [1.165, 1.54) is 0 Å². The smallest absolute Gasteiger partial charge is 0.226 e. The van der Waals surface area contributed by atoms with Crippen molar-refractivity contribution in [1.29, 1.82) is 0 Å². The highest BCUT2D eigenvalue weighted by Crippen LogP contribution is 2.13. The summed E-state index contributed by atoms with van der Waals surface area (Å²) in [5.41, 5.74) is 1.15. The molecule has 0 aliphatic carbocycles. The third-order valence-electron chi connectivity index (χ3n) is 2.81. The maximum absolute atomic E-state index is 11.7. The van der Waals surface area contributed by atoms with E-state index < -0.39 is 0 Å². The van der Waals surface area contributed by atoms with Gasteiger partial charge in [0.25, 0.3) is 0 Å². The largest absolute Gasteiger partial charge is 0.349 e. The van der Waals surface area contributed by atoms with E-state index in [0.29, 0.717) is 0 Å². The molecular weight excluding hydrogens is 188 g/mol. The molecule has 1 unspecified atom stereocenters. The van der Waals surface area contributed by atoms with Gasteiger partial charge in [-0.25, -0.2) is 0 Å². The van der Waals surface area contributed by atoms with Crippen LogP contribution in [0.5, 0.6) is 0 Å². The van der Waals surface area contributed by atoms with Gasteiger partial charge in [0, 0.05) is 13.1 Å². The lowest BCUT2D eigenvalue weighted by Crippen LogP contribution is -2.51. The summed E-state index contributed by atoms with van der Waals surface area (Å²) in [5.74, 6) is 0.321. The Labute approximate surface area is 89.9 Å². The fourth-order valence-corrected chi connectivity index (χ4v) is 1.63. The molecule has 0 saturated carbocycles. The van der Waals surface area contributed by atoms with Crippen LogP contribution >= 0.6 is 0 Å². The van der Waals surface area contributed by atoms with Gasteiger partial charge in [-0.05, 0) is 12.5 Å². The zero-order chi connectivity index (χ0) is 10.7. The van der Waals surface area contributed by atoms with E-state index in [9.17, 15) is 4.79 Å². The minimum Gasteiger partial charge on any atom is -0.349 e. The summed E-state index contributed by atoms with van der Waals surface area (Å²) in [5, 5.41) is 6.11. The van der Waals surface area contributed by atoms with E-state index >= 15 is 0 Å². The first-order chi connectivity index (χ1) is 7.27. The third kappa shape index (κ3) is 2.36. The van der Waals surface area contributed by atoms with Gasteiger partial charge in [-0.1, -0.05) is 30.3 Å². The van der Waals surface area contributed by atoms with E-state index in [-0.39, 0.29) is 17.9 Å². The number of benzene rings is 1. The van der Waals surface area contributed by atoms with Crippen molar-refractivity contribution >= 4 is 5.91 Å². The van der Waals surface area contributed by atoms with E-state index in [2.05, 4.69) is 10.6 Å². The minimum absolute atomic E-state index is 0.0966. The predicted molar refractivity (Wildman–Crippen MR) is 59.4 cm³/mol. The second kappa shape index (κ2) is 4.45. The Morgan fingerprint density at radius 3 is 2.60 bits per heavy atom. The molecule has 0 spiro atoms. The highest BCUT2D eigenvalue weighted by Gasteiger charge is 2.25. The van der Waals surface area contributed by atoms with Crippen molar-refractivity contribution in [2.75, 3.05) is 13.1 Å². The normalized spacial score (nSPS) is 17.9. The van der Waals surface area contributed by atoms with Gasteiger partial charge in [0.15, 0.2) is 0 Å². The molecule has 1 amide bonds. The summed E-state index contributed by atoms with van der Waals surface area (Å²) in [6.45, 7) is 3.64. The molecule has 0 bridgehead atoms. The first-order valence-electron chi connectivity index (χ1n) is 5.33. The predicted octanol–water partition coefficient (Wildman–Crippen LogP) is 1.08. The molecule has 1 fully saturated rings. The Hall–Kier alpha value is -1.35. The summed E-state index contributed by atoms with van der Waals surface area (Å²) in [6, 6.07) is 10.1. The molecule has 1 aliphatic rings. The molecular formula is C12H16N2O. The molecule has 0 radical (unpaired) electrons. The third-order valence-corrected chi connectivity index (χ3v) is 2.81. The Kier molecular flexibility index (Phi) is 3.02. The Morgan fingerprint density at radius 2 is 2.07 bits per heavy atom. The van der Waals surface area contributed by atoms with Crippen LogP contribution in [0.25, 0.3) is 0 Å². The Morgan fingerprint density at radius 1 is 1.40 bits per heavy atom. The van der Waals surface area contributed by atoms with Crippen molar-refractivity contribution in [3.8, 4) is 0 Å². The minimum atomic E-state index is 0.0966. The van der Waals surface area contributed by atoms with Gasteiger partial charge in [0.2, 0.25) is 5.91 Å². The van der Waals surface area contributed by atoms with Gasteiger partial charge in [-0.2, -0.15) is 0 Å². The number of rotatable bonds is 3. The van der Waals surface area contributed by atoms with Gasteiger partial charge in [-0.3, -0.25) is 4.79 Å². The highest BCUT2D eigenvalue weighted by atomic mass is 16.2. The Bertz CT molecular complexity index is 333. The van der Waals surface area contributed by atoms with Crippen LogP contribution in [-0.2, 0) is 4.79 Å². The second-order valence-electron chi connectivity index (χ2n) is 4.00. The van der Waals surface area contributed by atoms with Gasteiger partial charge in [0.1, 0.15) is 0 Å². The number of hydrogen-bond acceptors (Lipinski definition) is 2. The second-order valence-corrected chi connectivity index (χ2v) is 4.00. The monoisotopic (exact) mass is 204 g/mol. The lowest BCUT2D eigenvalue weighted by Gasteiger charge is -2.27. The molecule has 1 aromatic carbocycles. The molecule has 3 nitrogen and oxygen atoms in total. The van der Waals surface area contributed by atoms with Crippen LogP contribution in [0, 0.1) is 5.92 Å². The van der Waals surface area contributed by atoms with E-state index in [1.54, 1.807) is 0 Å². The fourth-order valence-electron chi connectivity index (χ4n) is 1.63. The first kappa shape index (κ1) is 10.2. The van der Waals surface area contributed by atoms with Crippen LogP contribution in [0.1, 0.15) is 18.5 Å². The van der Waals surface area contributed by atoms with Crippen LogP contribution in [0.3, 0.4) is 0 Å². The van der Waals surface area contributed by atoms with Gasteiger partial charge in [-0.15, -0.1) is 0 Å². The zero-order valence-corrected chi connectivity index (χ0v) is 8.86. The van der Waals surface area contributed by atoms with Crippen molar-refractivity contribution in [2.45, 2.75) is 13.0 Å². The quantitative estimate of drug-likeness (QED) is 0.773. The molecule has 2 rings (SSSR count). The highest BCUT2D eigenvalue weighted by molar-refractivity contribution is 5.80. The number of hydrogen-bond donors (Lipinski definition) is 2. The van der Waals surface area contributed by atoms with Crippen molar-refractivity contribution < 1.29 is 4.79 Å². The zero-order valence-electron chi connectivity index (χ0n) is 8.86. The average Bonchev–Trinajstić information content (AvgIpc) is 2.16. The van der Waals surface area contributed by atoms with Crippen LogP contribution in [-0.4, -0.2) is 19.0 Å². The number of nitrogens with one attached hydrogen (secondary N) is 2. The lowest BCUT2D eigenvalue weighted by atomic mass is 10.0. The van der Waals surface area contributed by atoms with Crippen molar-refractivity contribution in [3.63, 3.8) is 0 Å². The van der Waals surface area contributed by atoms with Gasteiger partial charge in [0.05, 0.1) is 12.0 Å². The van der Waals surface area contributed by atoms with Gasteiger partial charge < -0.3 is 10.6 Å². The van der Waals surface area contributed by atoms with E-state index in [1.807, 2.05) is 37.3 Å². The number of carbonyl (C=O) groups excluding carboxylic acids is 1. The average molecular weight is 204 g/mol. The summed E-state index contributed by atoms with van der Waals surface area (Å²) in [7, 11) is 0. The molecule has 2 N–H and O–H groups in total. The maximum atomic E-state index is 11.7.